The van der Waals surface area contributed by atoms with Gasteiger partial charge in [0.1, 0.15) is 42.3 Å². The molecule has 1 fully saturated rings. The zero-order chi connectivity index (χ0) is 40.9. The number of carbonyl (C=O) groups excluding carboxylic acids is 7. The fourth-order valence-electron chi connectivity index (χ4n) is 6.00. The molecule has 53 heavy (non-hydrogen) atoms. The van der Waals surface area contributed by atoms with Crippen molar-refractivity contribution in [3.8, 4) is 0 Å². The fourth-order valence-corrected chi connectivity index (χ4v) is 6.00. The summed E-state index contributed by atoms with van der Waals surface area (Å²) in [5.74, 6) is -4.28. The molecule has 304 valence electrons. The summed E-state index contributed by atoms with van der Waals surface area (Å²) in [6.45, 7) is 18.1. The lowest BCUT2D eigenvalue weighted by Gasteiger charge is -2.36. The zero-order valence-electron chi connectivity index (χ0n) is 34.8. The maximum Gasteiger partial charge on any atom is 0.245 e. The number of ether oxygens (including phenoxy) is 1. The van der Waals surface area contributed by atoms with Gasteiger partial charge >= 0.3 is 0 Å². The van der Waals surface area contributed by atoms with Gasteiger partial charge in [0.15, 0.2) is 0 Å². The SMILES string of the molecule is CCCCOC[C@H]1NC(=O)[C@@H](C)N(C)C(=O)[C@H](C)N(C)C(=O)[C@H](CC(C)C)NC(=O)[C@H](CC(C)C)N(C)C(=O)[C@H](C)N(C)C(=O)[C@@H]([C@@H](C)CC)NC1=O. The van der Waals surface area contributed by atoms with Crippen LogP contribution in [0.5, 0.6) is 0 Å². The van der Waals surface area contributed by atoms with Gasteiger partial charge in [0.2, 0.25) is 41.4 Å². The summed E-state index contributed by atoms with van der Waals surface area (Å²) >= 11 is 0. The number of likely N-dealkylation sites (N-methyl/N-ethyl adjacent to an activating group) is 4. The highest BCUT2D eigenvalue weighted by atomic mass is 16.5. The largest absolute Gasteiger partial charge is 0.379 e. The molecule has 1 aliphatic rings. The second-order valence-corrected chi connectivity index (χ2v) is 15.5. The van der Waals surface area contributed by atoms with Crippen molar-refractivity contribution in [2.75, 3.05) is 41.4 Å². The summed E-state index contributed by atoms with van der Waals surface area (Å²) in [5.41, 5.74) is 0. The Bertz CT molecular complexity index is 1280. The molecule has 1 aliphatic heterocycles. The lowest BCUT2D eigenvalue weighted by Crippen LogP contribution is -2.61. The monoisotopic (exact) mass is 752 g/mol. The number of amides is 7. The molecule has 0 aliphatic carbocycles. The minimum atomic E-state index is -1.21. The molecule has 0 aromatic heterocycles. The molecule has 0 radical (unpaired) electrons. The van der Waals surface area contributed by atoms with Gasteiger partial charge in [0.25, 0.3) is 0 Å². The fraction of sp³-hybridized carbons (Fsp3) is 0.816. The molecule has 1 heterocycles. The van der Waals surface area contributed by atoms with Crippen molar-refractivity contribution in [3.05, 3.63) is 0 Å². The van der Waals surface area contributed by atoms with Crippen LogP contribution in [0, 0.1) is 17.8 Å². The van der Waals surface area contributed by atoms with Crippen molar-refractivity contribution in [2.45, 2.75) is 144 Å². The number of nitrogens with zero attached hydrogens (tertiary/aromatic N) is 4. The molecular formula is C38H69N7O8. The summed E-state index contributed by atoms with van der Waals surface area (Å²) in [6, 6.07) is -7.35. The highest BCUT2D eigenvalue weighted by Gasteiger charge is 2.40. The molecule has 1 rings (SSSR count). The molecule has 1 saturated heterocycles. The number of carbonyl (C=O) groups is 7. The maximum absolute atomic E-state index is 14.1. The van der Waals surface area contributed by atoms with Gasteiger partial charge in [-0.15, -0.1) is 0 Å². The second kappa shape index (κ2) is 21.8. The molecule has 15 nitrogen and oxygen atoms in total. The van der Waals surface area contributed by atoms with Crippen molar-refractivity contribution >= 4 is 41.4 Å². The van der Waals surface area contributed by atoms with Crippen LogP contribution in [-0.4, -0.2) is 145 Å². The molecule has 15 heteroatoms. The van der Waals surface area contributed by atoms with Crippen LogP contribution in [0.15, 0.2) is 0 Å². The number of hydrogen-bond acceptors (Lipinski definition) is 8. The number of unbranched alkanes of at least 4 members (excludes halogenated alkanes) is 1. The van der Waals surface area contributed by atoms with Gasteiger partial charge in [-0.2, -0.15) is 0 Å². The van der Waals surface area contributed by atoms with E-state index in [4.69, 9.17) is 4.74 Å². The van der Waals surface area contributed by atoms with Gasteiger partial charge in [-0.1, -0.05) is 61.3 Å². The molecule has 0 bridgehead atoms. The Morgan fingerprint density at radius 3 is 1.58 bits per heavy atom. The molecule has 0 aromatic carbocycles. The van der Waals surface area contributed by atoms with Gasteiger partial charge in [-0.05, 0) is 57.8 Å². The van der Waals surface area contributed by atoms with Crippen LogP contribution in [0.2, 0.25) is 0 Å². The first kappa shape index (κ1) is 47.3. The van der Waals surface area contributed by atoms with E-state index in [1.165, 1.54) is 54.7 Å². The summed E-state index contributed by atoms with van der Waals surface area (Å²) in [7, 11) is 5.89. The van der Waals surface area contributed by atoms with Crippen LogP contribution < -0.4 is 16.0 Å². The first-order valence-electron chi connectivity index (χ1n) is 19.2. The number of nitrogens with one attached hydrogen (secondary N) is 3. The Kier molecular flexibility index (Phi) is 19.5. The van der Waals surface area contributed by atoms with Crippen LogP contribution in [0.25, 0.3) is 0 Å². The third-order valence-corrected chi connectivity index (χ3v) is 10.4. The standard InChI is InChI=1S/C38H69N7O8/c1-15-17-18-53-21-29-33(47)41-31(24(7)16-2)38(52)44(13)27(10)36(50)45(14)30(20-23(5)6)34(48)39-28(19-22(3)4)37(51)43(12)26(9)35(49)42(11)25(8)32(46)40-29/h22-31H,15-21H2,1-14H3,(H,39,48)(H,40,46)(H,41,47)/t24-,25+,26-,27-,28-,29+,30-,31+/m0/s1. The highest BCUT2D eigenvalue weighted by molar-refractivity contribution is 5.98. The van der Waals surface area contributed by atoms with Gasteiger partial charge in [0, 0.05) is 34.8 Å². The van der Waals surface area contributed by atoms with Crippen molar-refractivity contribution in [1.82, 2.24) is 35.6 Å². The summed E-state index contributed by atoms with van der Waals surface area (Å²) in [6.07, 6.45) is 2.65. The van der Waals surface area contributed by atoms with E-state index < -0.39 is 83.6 Å². The first-order chi connectivity index (χ1) is 24.6. The molecule has 3 N–H and O–H groups in total. The van der Waals surface area contributed by atoms with E-state index in [2.05, 4.69) is 16.0 Å². The molecule has 7 amide bonds. The molecular weight excluding hydrogens is 682 g/mol. The Morgan fingerprint density at radius 1 is 0.585 bits per heavy atom. The van der Waals surface area contributed by atoms with Crippen LogP contribution in [0.1, 0.15) is 101 Å². The van der Waals surface area contributed by atoms with Gasteiger partial charge in [-0.3, -0.25) is 33.6 Å². The van der Waals surface area contributed by atoms with Gasteiger partial charge < -0.3 is 40.3 Å². The maximum atomic E-state index is 14.1. The van der Waals surface area contributed by atoms with E-state index in [0.717, 1.165) is 12.8 Å². The Labute approximate surface area is 317 Å². The van der Waals surface area contributed by atoms with Gasteiger partial charge in [0.05, 0.1) is 6.61 Å². The molecule has 0 aromatic rings. The number of hydrogen-bond donors (Lipinski definition) is 3. The van der Waals surface area contributed by atoms with Crippen LogP contribution >= 0.6 is 0 Å². The summed E-state index contributed by atoms with van der Waals surface area (Å²) in [4.78, 5) is 102. The number of rotatable bonds is 11. The average Bonchev–Trinajstić information content (AvgIpc) is 3.12. The third-order valence-electron chi connectivity index (χ3n) is 10.4. The van der Waals surface area contributed by atoms with Crippen LogP contribution in [0.4, 0.5) is 0 Å². The average molecular weight is 752 g/mol. The zero-order valence-corrected chi connectivity index (χ0v) is 34.8. The molecule has 0 saturated carbocycles. The smallest absolute Gasteiger partial charge is 0.245 e. The molecule has 0 spiro atoms. The summed E-state index contributed by atoms with van der Waals surface area (Å²) < 4.78 is 5.75. The van der Waals surface area contributed by atoms with E-state index >= 15 is 0 Å². The normalized spacial score (nSPS) is 27.5. The Balaban J connectivity index is 3.85. The van der Waals surface area contributed by atoms with E-state index in [9.17, 15) is 33.6 Å². The van der Waals surface area contributed by atoms with Crippen molar-refractivity contribution in [1.29, 1.82) is 0 Å². The van der Waals surface area contributed by atoms with Gasteiger partial charge in [-0.25, -0.2) is 0 Å². The van der Waals surface area contributed by atoms with Crippen LogP contribution in [0.3, 0.4) is 0 Å². The quantitative estimate of drug-likeness (QED) is 0.268. The lowest BCUT2D eigenvalue weighted by atomic mass is 9.96. The molecule has 8 atom stereocenters. The predicted molar refractivity (Wildman–Crippen MR) is 203 cm³/mol. The first-order valence-corrected chi connectivity index (χ1v) is 19.2. The third kappa shape index (κ3) is 13.3. The molecule has 0 unspecified atom stereocenters. The Hall–Kier alpha value is -3.75. The highest BCUT2D eigenvalue weighted by Crippen LogP contribution is 2.19. The minimum absolute atomic E-state index is 0.0116. The van der Waals surface area contributed by atoms with E-state index in [-0.39, 0.29) is 37.2 Å². The summed E-state index contributed by atoms with van der Waals surface area (Å²) in [5, 5.41) is 8.39. The topological polar surface area (TPSA) is 178 Å². The van der Waals surface area contributed by atoms with Crippen molar-refractivity contribution in [2.24, 2.45) is 17.8 Å². The van der Waals surface area contributed by atoms with E-state index in [1.807, 2.05) is 41.5 Å². The second-order valence-electron chi connectivity index (χ2n) is 15.5. The Morgan fingerprint density at radius 2 is 1.08 bits per heavy atom. The van der Waals surface area contributed by atoms with E-state index in [1.54, 1.807) is 20.8 Å². The predicted octanol–water partition coefficient (Wildman–Crippen LogP) is 1.78. The van der Waals surface area contributed by atoms with Crippen molar-refractivity contribution in [3.63, 3.8) is 0 Å². The van der Waals surface area contributed by atoms with Crippen LogP contribution in [-0.2, 0) is 38.3 Å². The van der Waals surface area contributed by atoms with E-state index in [0.29, 0.717) is 13.0 Å². The van der Waals surface area contributed by atoms with Crippen molar-refractivity contribution < 1.29 is 38.3 Å². The minimum Gasteiger partial charge on any atom is -0.379 e. The lowest BCUT2D eigenvalue weighted by molar-refractivity contribution is -0.150.